The molecule has 2 rings (SSSR count). The number of ether oxygens (including phenoxy) is 1. The van der Waals surface area contributed by atoms with Crippen LogP contribution in [0.15, 0.2) is 0 Å². The highest BCUT2D eigenvalue weighted by Gasteiger charge is 2.21. The molecule has 104 valence electrons. The number of esters is 1. The monoisotopic (exact) mass is 283 g/mol. The van der Waals surface area contributed by atoms with Gasteiger partial charge in [-0.05, 0) is 13.8 Å². The summed E-state index contributed by atoms with van der Waals surface area (Å²) in [5, 5.41) is 3.59. The number of thiazole rings is 1. The lowest BCUT2D eigenvalue weighted by Gasteiger charge is -2.17. The lowest BCUT2D eigenvalue weighted by atomic mass is 10.4. The molecule has 0 unspecified atom stereocenters. The SMILES string of the molecule is CCOC(=O)c1nc(N2CCNC(=O)CC2)sc1C. The van der Waals surface area contributed by atoms with Gasteiger partial charge < -0.3 is 15.0 Å². The fraction of sp³-hybridized carbons (Fsp3) is 0.583. The zero-order valence-corrected chi connectivity index (χ0v) is 11.9. The van der Waals surface area contributed by atoms with Crippen molar-refractivity contribution in [3.63, 3.8) is 0 Å². The van der Waals surface area contributed by atoms with Crippen LogP contribution in [0.4, 0.5) is 5.13 Å². The van der Waals surface area contributed by atoms with E-state index >= 15 is 0 Å². The summed E-state index contributed by atoms with van der Waals surface area (Å²) in [6.45, 7) is 5.91. The van der Waals surface area contributed by atoms with Crippen molar-refractivity contribution < 1.29 is 14.3 Å². The normalized spacial score (nSPS) is 15.9. The number of nitrogens with zero attached hydrogens (tertiary/aromatic N) is 2. The van der Waals surface area contributed by atoms with Crippen LogP contribution in [-0.4, -0.2) is 43.1 Å². The average Bonchev–Trinajstić information content (AvgIpc) is 2.62. The molecule has 0 bridgehead atoms. The number of rotatable bonds is 3. The van der Waals surface area contributed by atoms with Gasteiger partial charge in [0.1, 0.15) is 0 Å². The molecule has 1 fully saturated rings. The molecule has 7 heteroatoms. The molecular weight excluding hydrogens is 266 g/mol. The molecule has 0 aromatic carbocycles. The number of hydrogen-bond acceptors (Lipinski definition) is 6. The molecule has 1 aliphatic rings. The van der Waals surface area contributed by atoms with Crippen molar-refractivity contribution in [2.75, 3.05) is 31.1 Å². The van der Waals surface area contributed by atoms with Gasteiger partial charge in [0.05, 0.1) is 6.61 Å². The summed E-state index contributed by atoms with van der Waals surface area (Å²) in [6.07, 6.45) is 0.452. The molecule has 19 heavy (non-hydrogen) atoms. The summed E-state index contributed by atoms with van der Waals surface area (Å²) >= 11 is 1.46. The first-order valence-corrected chi connectivity index (χ1v) is 7.09. The van der Waals surface area contributed by atoms with E-state index in [0.717, 1.165) is 10.0 Å². The first-order chi connectivity index (χ1) is 9.11. The Labute approximate surface area is 115 Å². The van der Waals surface area contributed by atoms with Crippen LogP contribution < -0.4 is 10.2 Å². The molecule has 0 atom stereocenters. The third kappa shape index (κ3) is 3.23. The Hall–Kier alpha value is -1.63. The first-order valence-electron chi connectivity index (χ1n) is 6.28. The molecule has 1 aromatic rings. The van der Waals surface area contributed by atoms with Gasteiger partial charge >= 0.3 is 5.97 Å². The largest absolute Gasteiger partial charge is 0.461 e. The number of carbonyl (C=O) groups is 2. The van der Waals surface area contributed by atoms with Gasteiger partial charge in [0.25, 0.3) is 0 Å². The van der Waals surface area contributed by atoms with E-state index in [0.29, 0.717) is 38.4 Å². The first kappa shape index (κ1) is 13.8. The number of aromatic nitrogens is 1. The molecular formula is C12H17N3O3S. The van der Waals surface area contributed by atoms with Gasteiger partial charge in [-0.15, -0.1) is 11.3 Å². The van der Waals surface area contributed by atoms with Crippen molar-refractivity contribution in [2.24, 2.45) is 0 Å². The predicted octanol–water partition coefficient (Wildman–Crippen LogP) is 0.955. The Balaban J connectivity index is 2.14. The minimum atomic E-state index is -0.383. The molecule has 1 N–H and O–H groups in total. The molecule has 1 aliphatic heterocycles. The molecule has 0 spiro atoms. The second kappa shape index (κ2) is 6.01. The number of carbonyl (C=O) groups excluding carboxylic acids is 2. The summed E-state index contributed by atoms with van der Waals surface area (Å²) in [6, 6.07) is 0. The maximum absolute atomic E-state index is 11.7. The minimum Gasteiger partial charge on any atom is -0.461 e. The Bertz CT molecular complexity index is 487. The lowest BCUT2D eigenvalue weighted by Crippen LogP contribution is -2.28. The third-order valence-electron chi connectivity index (χ3n) is 2.84. The van der Waals surface area contributed by atoms with Crippen LogP contribution in [0.1, 0.15) is 28.7 Å². The summed E-state index contributed by atoms with van der Waals surface area (Å²) in [4.78, 5) is 30.2. The van der Waals surface area contributed by atoms with Gasteiger partial charge in [-0.2, -0.15) is 0 Å². The van der Waals surface area contributed by atoms with E-state index in [4.69, 9.17) is 4.74 Å². The highest BCUT2D eigenvalue weighted by atomic mass is 32.1. The van der Waals surface area contributed by atoms with E-state index in [9.17, 15) is 9.59 Å². The topological polar surface area (TPSA) is 71.5 Å². The molecule has 0 radical (unpaired) electrons. The standard InChI is InChI=1S/C12H17N3O3S/c1-3-18-11(17)10-8(2)19-12(14-10)15-6-4-9(16)13-5-7-15/h3-7H2,1-2H3,(H,13,16). The smallest absolute Gasteiger partial charge is 0.358 e. The average molecular weight is 283 g/mol. The van der Waals surface area contributed by atoms with Crippen molar-refractivity contribution in [1.82, 2.24) is 10.3 Å². The van der Waals surface area contributed by atoms with E-state index in [1.165, 1.54) is 11.3 Å². The summed E-state index contributed by atoms with van der Waals surface area (Å²) in [7, 11) is 0. The highest BCUT2D eigenvalue weighted by molar-refractivity contribution is 7.15. The zero-order chi connectivity index (χ0) is 13.8. The summed E-state index contributed by atoms with van der Waals surface area (Å²) < 4.78 is 4.97. The van der Waals surface area contributed by atoms with E-state index in [1.807, 2.05) is 11.8 Å². The third-order valence-corrected chi connectivity index (χ3v) is 3.87. The predicted molar refractivity (Wildman–Crippen MR) is 72.6 cm³/mol. The fourth-order valence-corrected chi connectivity index (χ4v) is 2.81. The minimum absolute atomic E-state index is 0.0568. The zero-order valence-electron chi connectivity index (χ0n) is 11.1. The van der Waals surface area contributed by atoms with Crippen LogP contribution in [0.3, 0.4) is 0 Å². The Morgan fingerprint density at radius 3 is 3.05 bits per heavy atom. The van der Waals surface area contributed by atoms with E-state index in [2.05, 4.69) is 10.3 Å². The molecule has 6 nitrogen and oxygen atoms in total. The molecule has 0 aliphatic carbocycles. The van der Waals surface area contributed by atoms with Gasteiger partial charge in [0.2, 0.25) is 5.91 Å². The van der Waals surface area contributed by atoms with E-state index in [1.54, 1.807) is 6.92 Å². The van der Waals surface area contributed by atoms with Gasteiger partial charge in [-0.25, -0.2) is 9.78 Å². The molecule has 1 aromatic heterocycles. The summed E-state index contributed by atoms with van der Waals surface area (Å²) in [5.74, 6) is -0.326. The number of nitrogens with one attached hydrogen (secondary N) is 1. The second-order valence-corrected chi connectivity index (χ2v) is 5.39. The number of hydrogen-bond donors (Lipinski definition) is 1. The van der Waals surface area contributed by atoms with Gasteiger partial charge in [-0.1, -0.05) is 0 Å². The van der Waals surface area contributed by atoms with Crippen LogP contribution in [-0.2, 0) is 9.53 Å². The Morgan fingerprint density at radius 2 is 2.32 bits per heavy atom. The van der Waals surface area contributed by atoms with Crippen LogP contribution in [0.2, 0.25) is 0 Å². The van der Waals surface area contributed by atoms with E-state index in [-0.39, 0.29) is 11.9 Å². The molecule has 1 amide bonds. The highest BCUT2D eigenvalue weighted by Crippen LogP contribution is 2.26. The van der Waals surface area contributed by atoms with Crippen LogP contribution in [0.5, 0.6) is 0 Å². The van der Waals surface area contributed by atoms with Crippen LogP contribution in [0, 0.1) is 6.92 Å². The van der Waals surface area contributed by atoms with Crippen LogP contribution in [0.25, 0.3) is 0 Å². The van der Waals surface area contributed by atoms with Gasteiger partial charge in [0, 0.05) is 30.9 Å². The maximum atomic E-state index is 11.7. The summed E-state index contributed by atoms with van der Waals surface area (Å²) in [5.41, 5.74) is 0.380. The maximum Gasteiger partial charge on any atom is 0.358 e. The van der Waals surface area contributed by atoms with Crippen molar-refractivity contribution in [2.45, 2.75) is 20.3 Å². The van der Waals surface area contributed by atoms with Gasteiger partial charge in [0.15, 0.2) is 10.8 Å². The fourth-order valence-electron chi connectivity index (χ4n) is 1.86. The Morgan fingerprint density at radius 1 is 1.53 bits per heavy atom. The second-order valence-electron chi connectivity index (χ2n) is 4.21. The molecule has 1 saturated heterocycles. The van der Waals surface area contributed by atoms with Crippen molar-refractivity contribution in [1.29, 1.82) is 0 Å². The number of aryl methyl sites for hydroxylation is 1. The number of amides is 1. The van der Waals surface area contributed by atoms with Gasteiger partial charge in [-0.3, -0.25) is 4.79 Å². The van der Waals surface area contributed by atoms with Crippen molar-refractivity contribution in [3.05, 3.63) is 10.6 Å². The quantitative estimate of drug-likeness (QED) is 0.836. The molecule has 0 saturated carbocycles. The Kier molecular flexibility index (Phi) is 4.36. The van der Waals surface area contributed by atoms with Crippen LogP contribution >= 0.6 is 11.3 Å². The van der Waals surface area contributed by atoms with Crippen molar-refractivity contribution in [3.8, 4) is 0 Å². The van der Waals surface area contributed by atoms with Crippen molar-refractivity contribution >= 4 is 28.3 Å². The molecule has 2 heterocycles. The van der Waals surface area contributed by atoms with E-state index < -0.39 is 0 Å². The lowest BCUT2D eigenvalue weighted by molar-refractivity contribution is -0.120. The number of anilines is 1.